The van der Waals surface area contributed by atoms with Crippen molar-refractivity contribution in [3.63, 3.8) is 0 Å². The Hall–Kier alpha value is -1.07. The van der Waals surface area contributed by atoms with Crippen LogP contribution in [0, 0.1) is 0 Å². The maximum atomic E-state index is 10.6. The van der Waals surface area contributed by atoms with Crippen LogP contribution in [-0.4, -0.2) is 23.7 Å². The van der Waals surface area contributed by atoms with Crippen LogP contribution in [0.4, 0.5) is 0 Å². The number of carboxylic acids is 1. The summed E-state index contributed by atoms with van der Waals surface area (Å²) >= 11 is 3.34. The lowest BCUT2D eigenvalue weighted by atomic mass is 10.1. The van der Waals surface area contributed by atoms with E-state index in [1.54, 1.807) is 6.07 Å². The van der Waals surface area contributed by atoms with Crippen LogP contribution in [0.1, 0.15) is 12.5 Å². The van der Waals surface area contributed by atoms with E-state index in [-0.39, 0.29) is 0 Å². The lowest BCUT2D eigenvalue weighted by Crippen LogP contribution is -2.23. The fourth-order valence-corrected chi connectivity index (χ4v) is 1.72. The summed E-state index contributed by atoms with van der Waals surface area (Å²) < 4.78 is 6.00. The van der Waals surface area contributed by atoms with E-state index < -0.39 is 12.1 Å². The molecule has 0 aliphatic rings. The van der Waals surface area contributed by atoms with Crippen LogP contribution < -0.4 is 10.5 Å². The van der Waals surface area contributed by atoms with Gasteiger partial charge in [0.05, 0.1) is 4.47 Å². The van der Waals surface area contributed by atoms with Crippen molar-refractivity contribution in [3.8, 4) is 5.75 Å². The normalized spacial score (nSPS) is 12.2. The second-order valence-electron chi connectivity index (χ2n) is 3.40. The highest BCUT2D eigenvalue weighted by molar-refractivity contribution is 9.10. The molecule has 1 unspecified atom stereocenters. The first-order valence-electron chi connectivity index (χ1n) is 4.92. The van der Waals surface area contributed by atoms with Gasteiger partial charge >= 0.3 is 5.97 Å². The highest BCUT2D eigenvalue weighted by Crippen LogP contribution is 2.27. The summed E-state index contributed by atoms with van der Waals surface area (Å²) in [5, 5.41) is 8.72. The van der Waals surface area contributed by atoms with Gasteiger partial charge in [-0.25, -0.2) is 4.79 Å². The maximum Gasteiger partial charge on any atom is 0.344 e. The molecule has 5 heteroatoms. The van der Waals surface area contributed by atoms with Crippen molar-refractivity contribution < 1.29 is 14.6 Å². The average Bonchev–Trinajstić information content (AvgIpc) is 2.22. The lowest BCUT2D eigenvalue weighted by molar-refractivity contribution is -0.144. The lowest BCUT2D eigenvalue weighted by Gasteiger charge is -2.12. The summed E-state index contributed by atoms with van der Waals surface area (Å²) in [6.45, 7) is 2.07. The number of aliphatic carboxylic acids is 1. The van der Waals surface area contributed by atoms with E-state index in [1.165, 1.54) is 6.92 Å². The number of nitrogens with two attached hydrogens (primary N) is 1. The Kier molecular flexibility index (Phi) is 4.76. The fourth-order valence-electron chi connectivity index (χ4n) is 1.20. The number of halogens is 1. The van der Waals surface area contributed by atoms with Crippen LogP contribution in [0.25, 0.3) is 0 Å². The van der Waals surface area contributed by atoms with E-state index in [9.17, 15) is 4.79 Å². The first kappa shape index (κ1) is 13.0. The predicted octanol–water partition coefficient (Wildman–Crippen LogP) is 1.80. The van der Waals surface area contributed by atoms with Crippen molar-refractivity contribution in [1.82, 2.24) is 0 Å². The molecule has 0 heterocycles. The van der Waals surface area contributed by atoms with Crippen molar-refractivity contribution in [2.75, 3.05) is 6.54 Å². The third-order valence-electron chi connectivity index (χ3n) is 2.08. The Morgan fingerprint density at radius 3 is 2.81 bits per heavy atom. The Bertz CT molecular complexity index is 381. The fraction of sp³-hybridized carbons (Fsp3) is 0.364. The molecule has 0 radical (unpaired) electrons. The molecule has 0 spiro atoms. The molecule has 0 amide bonds. The molecule has 0 saturated carbocycles. The molecule has 0 saturated heterocycles. The van der Waals surface area contributed by atoms with E-state index in [0.29, 0.717) is 12.3 Å². The van der Waals surface area contributed by atoms with Gasteiger partial charge in [0.15, 0.2) is 6.10 Å². The van der Waals surface area contributed by atoms with Gasteiger partial charge in [0.1, 0.15) is 5.75 Å². The number of carbonyl (C=O) groups is 1. The Labute approximate surface area is 103 Å². The molecule has 0 fully saturated rings. The van der Waals surface area contributed by atoms with Gasteiger partial charge in [-0.05, 0) is 53.5 Å². The summed E-state index contributed by atoms with van der Waals surface area (Å²) in [4.78, 5) is 10.6. The summed E-state index contributed by atoms with van der Waals surface area (Å²) in [6.07, 6.45) is -0.0791. The van der Waals surface area contributed by atoms with Crippen molar-refractivity contribution >= 4 is 21.9 Å². The maximum absolute atomic E-state index is 10.6. The number of ether oxygens (including phenoxy) is 1. The third kappa shape index (κ3) is 3.50. The van der Waals surface area contributed by atoms with E-state index in [2.05, 4.69) is 15.9 Å². The van der Waals surface area contributed by atoms with E-state index in [4.69, 9.17) is 15.6 Å². The predicted molar refractivity (Wildman–Crippen MR) is 64.6 cm³/mol. The molecule has 0 bridgehead atoms. The molecule has 88 valence electrons. The van der Waals surface area contributed by atoms with Crippen LogP contribution in [0.5, 0.6) is 5.75 Å². The van der Waals surface area contributed by atoms with Gasteiger partial charge in [-0.2, -0.15) is 0 Å². The summed E-state index contributed by atoms with van der Waals surface area (Å²) in [7, 11) is 0. The third-order valence-corrected chi connectivity index (χ3v) is 2.70. The molecule has 1 aromatic rings. The molecule has 4 nitrogen and oxygen atoms in total. The summed E-state index contributed by atoms with van der Waals surface area (Å²) in [6, 6.07) is 5.51. The molecule has 0 aromatic heterocycles. The molecule has 3 N–H and O–H groups in total. The Morgan fingerprint density at radius 2 is 2.31 bits per heavy atom. The quantitative estimate of drug-likeness (QED) is 0.866. The van der Waals surface area contributed by atoms with Crippen molar-refractivity contribution in [3.05, 3.63) is 28.2 Å². The highest BCUT2D eigenvalue weighted by atomic mass is 79.9. The van der Waals surface area contributed by atoms with Crippen molar-refractivity contribution in [1.29, 1.82) is 0 Å². The van der Waals surface area contributed by atoms with Gasteiger partial charge in [0.25, 0.3) is 0 Å². The number of benzene rings is 1. The van der Waals surface area contributed by atoms with Gasteiger partial charge in [-0.1, -0.05) is 6.07 Å². The smallest absolute Gasteiger partial charge is 0.344 e. The van der Waals surface area contributed by atoms with E-state index in [0.717, 1.165) is 16.5 Å². The van der Waals surface area contributed by atoms with Crippen LogP contribution >= 0.6 is 15.9 Å². The van der Waals surface area contributed by atoms with Gasteiger partial charge in [0.2, 0.25) is 0 Å². The van der Waals surface area contributed by atoms with Crippen molar-refractivity contribution in [2.45, 2.75) is 19.4 Å². The van der Waals surface area contributed by atoms with E-state index >= 15 is 0 Å². The largest absolute Gasteiger partial charge is 0.479 e. The first-order valence-corrected chi connectivity index (χ1v) is 5.72. The zero-order valence-electron chi connectivity index (χ0n) is 8.94. The van der Waals surface area contributed by atoms with Crippen LogP contribution in [-0.2, 0) is 11.2 Å². The molecular weight excluding hydrogens is 274 g/mol. The molecule has 1 atom stereocenters. The van der Waals surface area contributed by atoms with Gasteiger partial charge in [-0.15, -0.1) is 0 Å². The van der Waals surface area contributed by atoms with E-state index in [1.807, 2.05) is 12.1 Å². The summed E-state index contributed by atoms with van der Waals surface area (Å²) in [5.74, 6) is -0.464. The number of carboxylic acid groups (broad SMARTS) is 1. The zero-order chi connectivity index (χ0) is 12.1. The second-order valence-corrected chi connectivity index (χ2v) is 4.26. The Balaban J connectivity index is 2.78. The molecular formula is C11H14BrNO3. The SMILES string of the molecule is CC(Oc1ccc(CCN)cc1Br)C(=O)O. The standard InChI is InChI=1S/C11H14BrNO3/c1-7(11(14)15)16-10-3-2-8(4-5-13)6-9(10)12/h2-3,6-7H,4-5,13H2,1H3,(H,14,15). The van der Waals surface area contributed by atoms with Gasteiger partial charge in [-0.3, -0.25) is 0 Å². The molecule has 0 aliphatic heterocycles. The number of rotatable bonds is 5. The molecule has 16 heavy (non-hydrogen) atoms. The topological polar surface area (TPSA) is 72.5 Å². The Morgan fingerprint density at radius 1 is 1.62 bits per heavy atom. The number of hydrogen-bond acceptors (Lipinski definition) is 3. The van der Waals surface area contributed by atoms with Gasteiger partial charge in [0, 0.05) is 0 Å². The van der Waals surface area contributed by atoms with Crippen LogP contribution in [0.15, 0.2) is 22.7 Å². The average molecular weight is 288 g/mol. The highest BCUT2D eigenvalue weighted by Gasteiger charge is 2.14. The van der Waals surface area contributed by atoms with Gasteiger partial charge < -0.3 is 15.6 Å². The summed E-state index contributed by atoms with van der Waals surface area (Å²) in [5.41, 5.74) is 6.53. The van der Waals surface area contributed by atoms with Crippen LogP contribution in [0.2, 0.25) is 0 Å². The second kappa shape index (κ2) is 5.86. The zero-order valence-corrected chi connectivity index (χ0v) is 10.5. The van der Waals surface area contributed by atoms with Crippen molar-refractivity contribution in [2.24, 2.45) is 5.73 Å². The minimum Gasteiger partial charge on any atom is -0.479 e. The minimum atomic E-state index is -0.988. The molecule has 0 aliphatic carbocycles. The minimum absolute atomic E-state index is 0.524. The molecule has 1 aromatic carbocycles. The molecule has 1 rings (SSSR count). The monoisotopic (exact) mass is 287 g/mol. The first-order chi connectivity index (χ1) is 7.54. The number of hydrogen-bond donors (Lipinski definition) is 2. The van der Waals surface area contributed by atoms with Crippen LogP contribution in [0.3, 0.4) is 0 Å².